The second-order valence-corrected chi connectivity index (χ2v) is 8.94. The second kappa shape index (κ2) is 7.86. The van der Waals surface area contributed by atoms with Gasteiger partial charge < -0.3 is 5.32 Å². The molecular weight excluding hydrogens is 395 g/mol. The first-order chi connectivity index (χ1) is 12.0. The van der Waals surface area contributed by atoms with Gasteiger partial charge in [0.05, 0.1) is 5.02 Å². The van der Waals surface area contributed by atoms with Crippen molar-refractivity contribution in [2.24, 2.45) is 0 Å². The van der Waals surface area contributed by atoms with Crippen LogP contribution >= 0.6 is 23.2 Å². The zero-order valence-corrected chi connectivity index (χ0v) is 17.0. The molecule has 0 bridgehead atoms. The summed E-state index contributed by atoms with van der Waals surface area (Å²) in [6, 6.07) is 10.3. The first-order valence-corrected chi connectivity index (χ1v) is 10.2. The molecule has 0 saturated carbocycles. The maximum absolute atomic E-state index is 12.5. The first-order valence-electron chi connectivity index (χ1n) is 7.94. The Morgan fingerprint density at radius 1 is 1.08 bits per heavy atom. The minimum atomic E-state index is -3.90. The zero-order chi connectivity index (χ0) is 19.5. The van der Waals surface area contributed by atoms with Gasteiger partial charge in [-0.2, -0.15) is 0 Å². The molecule has 2 rings (SSSR count). The maximum Gasteiger partial charge on any atom is 0.263 e. The Bertz CT molecular complexity index is 911. The molecule has 0 radical (unpaired) electrons. The number of hydrogen-bond donors (Lipinski definition) is 2. The predicted octanol–water partition coefficient (Wildman–Crippen LogP) is 4.71. The lowest BCUT2D eigenvalue weighted by molar-refractivity contribution is 0.0911. The SMILES string of the molecule is CCC(C)(C)NC(=O)c1ccc(NS(=O)(=O)c2cc(Cl)ccc2Cl)cc1. The molecule has 140 valence electrons. The molecular formula is C18H20Cl2N2O3S. The molecule has 2 N–H and O–H groups in total. The van der Waals surface area contributed by atoms with E-state index in [9.17, 15) is 13.2 Å². The number of nitrogens with one attached hydrogen (secondary N) is 2. The highest BCUT2D eigenvalue weighted by Gasteiger charge is 2.20. The van der Waals surface area contributed by atoms with Gasteiger partial charge in [0, 0.05) is 21.8 Å². The molecule has 2 aromatic rings. The van der Waals surface area contributed by atoms with E-state index in [1.165, 1.54) is 30.3 Å². The van der Waals surface area contributed by atoms with Crippen molar-refractivity contribution in [3.8, 4) is 0 Å². The van der Waals surface area contributed by atoms with Crippen molar-refractivity contribution in [2.45, 2.75) is 37.6 Å². The molecule has 5 nitrogen and oxygen atoms in total. The fourth-order valence-corrected chi connectivity index (χ4v) is 3.87. The number of amides is 1. The molecule has 0 fully saturated rings. The summed E-state index contributed by atoms with van der Waals surface area (Å²) in [4.78, 5) is 12.1. The van der Waals surface area contributed by atoms with E-state index in [1.807, 2.05) is 20.8 Å². The number of carbonyl (C=O) groups is 1. The molecule has 0 aromatic heterocycles. The van der Waals surface area contributed by atoms with Gasteiger partial charge in [0.2, 0.25) is 0 Å². The van der Waals surface area contributed by atoms with E-state index in [0.717, 1.165) is 6.42 Å². The van der Waals surface area contributed by atoms with E-state index in [1.54, 1.807) is 12.1 Å². The Morgan fingerprint density at radius 3 is 2.27 bits per heavy atom. The summed E-state index contributed by atoms with van der Waals surface area (Å²) >= 11 is 11.8. The zero-order valence-electron chi connectivity index (χ0n) is 14.6. The van der Waals surface area contributed by atoms with Crippen LogP contribution in [0.15, 0.2) is 47.4 Å². The fraction of sp³-hybridized carbons (Fsp3) is 0.278. The predicted molar refractivity (Wildman–Crippen MR) is 106 cm³/mol. The van der Waals surface area contributed by atoms with Gasteiger partial charge >= 0.3 is 0 Å². The van der Waals surface area contributed by atoms with Crippen LogP contribution in [0, 0.1) is 0 Å². The molecule has 1 amide bonds. The number of halogens is 2. The standard InChI is InChI=1S/C18H20Cl2N2O3S/c1-4-18(2,3)21-17(23)12-5-8-14(9-6-12)22-26(24,25)16-11-13(19)7-10-15(16)20/h5-11,22H,4H2,1-3H3,(H,21,23). The lowest BCUT2D eigenvalue weighted by Gasteiger charge is -2.24. The smallest absolute Gasteiger partial charge is 0.263 e. The Balaban J connectivity index is 2.19. The molecule has 2 aromatic carbocycles. The average Bonchev–Trinajstić information content (AvgIpc) is 2.57. The van der Waals surface area contributed by atoms with Gasteiger partial charge in [0.15, 0.2) is 0 Å². The van der Waals surface area contributed by atoms with Crippen molar-refractivity contribution in [3.63, 3.8) is 0 Å². The number of benzene rings is 2. The first kappa shape index (κ1) is 20.6. The third-order valence-corrected chi connectivity index (χ3v) is 6.02. The molecule has 0 atom stereocenters. The van der Waals surface area contributed by atoms with Crippen LogP contribution in [0.1, 0.15) is 37.6 Å². The molecule has 26 heavy (non-hydrogen) atoms. The van der Waals surface area contributed by atoms with Crippen LogP contribution in [0.2, 0.25) is 10.0 Å². The molecule has 0 unspecified atom stereocenters. The highest BCUT2D eigenvalue weighted by atomic mass is 35.5. The van der Waals surface area contributed by atoms with Crippen LogP contribution in [0.5, 0.6) is 0 Å². The van der Waals surface area contributed by atoms with Crippen LogP contribution in [0.3, 0.4) is 0 Å². The van der Waals surface area contributed by atoms with E-state index in [2.05, 4.69) is 10.0 Å². The Labute approximate surface area is 163 Å². The van der Waals surface area contributed by atoms with Crippen LogP contribution < -0.4 is 10.0 Å². The van der Waals surface area contributed by atoms with Gasteiger partial charge in [0.1, 0.15) is 4.90 Å². The minimum absolute atomic E-state index is 0.0692. The van der Waals surface area contributed by atoms with Crippen LogP contribution in [-0.2, 0) is 10.0 Å². The number of hydrogen-bond acceptors (Lipinski definition) is 3. The monoisotopic (exact) mass is 414 g/mol. The third-order valence-electron chi connectivity index (χ3n) is 3.92. The lowest BCUT2D eigenvalue weighted by Crippen LogP contribution is -2.42. The molecule has 0 saturated heterocycles. The van der Waals surface area contributed by atoms with Crippen molar-refractivity contribution in [1.82, 2.24) is 5.32 Å². The number of anilines is 1. The summed E-state index contributed by atoms with van der Waals surface area (Å²) in [5, 5.41) is 3.25. The highest BCUT2D eigenvalue weighted by Crippen LogP contribution is 2.27. The van der Waals surface area contributed by atoms with Crippen LogP contribution in [0.25, 0.3) is 0 Å². The second-order valence-electron chi connectivity index (χ2n) is 6.45. The summed E-state index contributed by atoms with van der Waals surface area (Å²) in [5.74, 6) is -0.218. The number of sulfonamides is 1. The van der Waals surface area contributed by atoms with Gasteiger partial charge in [0.25, 0.3) is 15.9 Å². The molecule has 0 spiro atoms. The van der Waals surface area contributed by atoms with Gasteiger partial charge in [-0.15, -0.1) is 0 Å². The van der Waals surface area contributed by atoms with Crippen molar-refractivity contribution in [3.05, 3.63) is 58.1 Å². The van der Waals surface area contributed by atoms with Crippen molar-refractivity contribution in [1.29, 1.82) is 0 Å². The van der Waals surface area contributed by atoms with Crippen molar-refractivity contribution < 1.29 is 13.2 Å². The fourth-order valence-electron chi connectivity index (χ4n) is 2.05. The van der Waals surface area contributed by atoms with Crippen molar-refractivity contribution >= 4 is 44.8 Å². The van der Waals surface area contributed by atoms with Gasteiger partial charge in [-0.1, -0.05) is 30.1 Å². The minimum Gasteiger partial charge on any atom is -0.347 e. The largest absolute Gasteiger partial charge is 0.347 e. The summed E-state index contributed by atoms with van der Waals surface area (Å²) in [6.45, 7) is 5.85. The quantitative estimate of drug-likeness (QED) is 0.718. The summed E-state index contributed by atoms with van der Waals surface area (Å²) in [6.07, 6.45) is 0.789. The van der Waals surface area contributed by atoms with Crippen molar-refractivity contribution in [2.75, 3.05) is 4.72 Å². The summed E-state index contributed by atoms with van der Waals surface area (Å²) < 4.78 is 27.4. The topological polar surface area (TPSA) is 75.3 Å². The molecule has 0 aliphatic heterocycles. The Morgan fingerprint density at radius 2 is 1.69 bits per heavy atom. The average molecular weight is 415 g/mol. The lowest BCUT2D eigenvalue weighted by atomic mass is 10.0. The maximum atomic E-state index is 12.5. The van der Waals surface area contributed by atoms with E-state index >= 15 is 0 Å². The third kappa shape index (κ3) is 5.13. The van der Waals surface area contributed by atoms with Gasteiger partial charge in [-0.05, 0) is 62.7 Å². The highest BCUT2D eigenvalue weighted by molar-refractivity contribution is 7.92. The van der Waals surface area contributed by atoms with Gasteiger partial charge in [-0.25, -0.2) is 8.42 Å². The molecule has 0 aliphatic rings. The molecule has 8 heteroatoms. The van der Waals surface area contributed by atoms with E-state index in [4.69, 9.17) is 23.2 Å². The number of carbonyl (C=O) groups excluding carboxylic acids is 1. The molecule has 0 aliphatic carbocycles. The van der Waals surface area contributed by atoms with E-state index in [-0.39, 0.29) is 26.4 Å². The van der Waals surface area contributed by atoms with Gasteiger partial charge in [-0.3, -0.25) is 9.52 Å². The van der Waals surface area contributed by atoms with Crippen LogP contribution in [-0.4, -0.2) is 19.9 Å². The van der Waals surface area contributed by atoms with E-state index < -0.39 is 10.0 Å². The summed E-state index contributed by atoms with van der Waals surface area (Å²) in [5.41, 5.74) is 0.434. The number of rotatable bonds is 6. The Kier molecular flexibility index (Phi) is 6.21. The Hall–Kier alpha value is -1.76. The summed E-state index contributed by atoms with van der Waals surface area (Å²) in [7, 11) is -3.90. The molecule has 0 heterocycles. The van der Waals surface area contributed by atoms with Crippen LogP contribution in [0.4, 0.5) is 5.69 Å². The van der Waals surface area contributed by atoms with E-state index in [0.29, 0.717) is 11.3 Å². The normalized spacial score (nSPS) is 11.9.